The van der Waals surface area contributed by atoms with Crippen molar-refractivity contribution in [3.8, 4) is 5.75 Å². The van der Waals surface area contributed by atoms with Crippen molar-refractivity contribution in [3.63, 3.8) is 0 Å². The topological polar surface area (TPSA) is 35.2 Å². The first kappa shape index (κ1) is 13.8. The van der Waals surface area contributed by atoms with Crippen LogP contribution < -0.4 is 10.5 Å². The van der Waals surface area contributed by atoms with E-state index in [2.05, 4.69) is 0 Å². The molecule has 0 aliphatic heterocycles. The summed E-state index contributed by atoms with van der Waals surface area (Å²) in [6, 6.07) is 2.33. The average molecular weight is 281 g/mol. The van der Waals surface area contributed by atoms with E-state index in [9.17, 15) is 8.78 Å². The molecule has 0 spiro atoms. The molecule has 1 aromatic rings. The van der Waals surface area contributed by atoms with Gasteiger partial charge in [-0.05, 0) is 37.7 Å². The first-order chi connectivity index (χ1) is 9.64. The van der Waals surface area contributed by atoms with Gasteiger partial charge in [0.05, 0.1) is 6.61 Å². The van der Waals surface area contributed by atoms with Gasteiger partial charge >= 0.3 is 0 Å². The van der Waals surface area contributed by atoms with Gasteiger partial charge in [-0.3, -0.25) is 0 Å². The lowest BCUT2D eigenvalue weighted by Gasteiger charge is -2.30. The predicted octanol–water partition coefficient (Wildman–Crippen LogP) is 3.52. The monoisotopic (exact) mass is 281 g/mol. The summed E-state index contributed by atoms with van der Waals surface area (Å²) in [6.07, 6.45) is 6.15. The molecule has 0 aromatic heterocycles. The van der Waals surface area contributed by atoms with Crippen LogP contribution in [0, 0.1) is 17.6 Å². The summed E-state index contributed by atoms with van der Waals surface area (Å²) in [5.74, 6) is -0.383. The number of halogens is 2. The van der Waals surface area contributed by atoms with Crippen molar-refractivity contribution in [2.75, 3.05) is 13.2 Å². The largest absolute Gasteiger partial charge is 0.490 e. The summed E-state index contributed by atoms with van der Waals surface area (Å²) in [5.41, 5.74) is 6.25. The molecule has 0 bridgehead atoms. The molecule has 20 heavy (non-hydrogen) atoms. The standard InChI is InChI=1S/C16H21F2NO/c17-12-7-13(16(10-19)5-1-2-6-16)15(14(18)8-12)20-9-11-3-4-11/h7-8,11H,1-6,9-10,19H2. The van der Waals surface area contributed by atoms with Gasteiger partial charge in [-0.25, -0.2) is 8.78 Å². The Labute approximate surface area is 118 Å². The highest BCUT2D eigenvalue weighted by Crippen LogP contribution is 2.45. The number of benzene rings is 1. The quantitative estimate of drug-likeness (QED) is 0.896. The van der Waals surface area contributed by atoms with Crippen molar-refractivity contribution in [3.05, 3.63) is 29.3 Å². The second kappa shape index (κ2) is 5.32. The summed E-state index contributed by atoms with van der Waals surface area (Å²) in [6.45, 7) is 0.936. The second-order valence-electron chi connectivity index (χ2n) is 6.21. The van der Waals surface area contributed by atoms with Crippen LogP contribution in [0.3, 0.4) is 0 Å². The summed E-state index contributed by atoms with van der Waals surface area (Å²) in [4.78, 5) is 0. The van der Waals surface area contributed by atoms with Crippen molar-refractivity contribution >= 4 is 0 Å². The van der Waals surface area contributed by atoms with Crippen molar-refractivity contribution < 1.29 is 13.5 Å². The molecule has 0 saturated heterocycles. The molecule has 0 radical (unpaired) electrons. The highest BCUT2D eigenvalue weighted by molar-refractivity contribution is 5.42. The minimum Gasteiger partial charge on any atom is -0.490 e. The number of rotatable bonds is 5. The van der Waals surface area contributed by atoms with Crippen LogP contribution in [-0.2, 0) is 5.41 Å². The normalized spacial score (nSPS) is 21.1. The second-order valence-corrected chi connectivity index (χ2v) is 6.21. The van der Waals surface area contributed by atoms with Crippen LogP contribution >= 0.6 is 0 Å². The zero-order valence-electron chi connectivity index (χ0n) is 11.6. The van der Waals surface area contributed by atoms with Crippen LogP contribution in [0.15, 0.2) is 12.1 Å². The van der Waals surface area contributed by atoms with E-state index in [1.807, 2.05) is 0 Å². The minimum absolute atomic E-state index is 0.227. The summed E-state index contributed by atoms with van der Waals surface area (Å²) in [7, 11) is 0. The maximum Gasteiger partial charge on any atom is 0.168 e. The molecule has 1 aromatic carbocycles. The molecule has 2 saturated carbocycles. The van der Waals surface area contributed by atoms with E-state index < -0.39 is 11.6 Å². The van der Waals surface area contributed by atoms with E-state index in [0.29, 0.717) is 24.6 Å². The number of hydrogen-bond donors (Lipinski definition) is 1. The fraction of sp³-hybridized carbons (Fsp3) is 0.625. The van der Waals surface area contributed by atoms with Gasteiger partial charge in [-0.15, -0.1) is 0 Å². The van der Waals surface area contributed by atoms with E-state index in [1.165, 1.54) is 6.07 Å². The lowest BCUT2D eigenvalue weighted by atomic mass is 9.78. The van der Waals surface area contributed by atoms with Gasteiger partial charge in [0.25, 0.3) is 0 Å². The molecule has 0 heterocycles. The Hall–Kier alpha value is -1.16. The van der Waals surface area contributed by atoms with Crippen LogP contribution in [0.1, 0.15) is 44.1 Å². The molecule has 0 unspecified atom stereocenters. The predicted molar refractivity (Wildman–Crippen MR) is 73.8 cm³/mol. The first-order valence-corrected chi connectivity index (χ1v) is 7.47. The Morgan fingerprint density at radius 3 is 2.50 bits per heavy atom. The Balaban J connectivity index is 1.97. The SMILES string of the molecule is NCC1(c2cc(F)cc(F)c2OCC2CC2)CCCC1. The van der Waals surface area contributed by atoms with Gasteiger partial charge < -0.3 is 10.5 Å². The maximum absolute atomic E-state index is 14.1. The van der Waals surface area contributed by atoms with E-state index in [4.69, 9.17) is 10.5 Å². The Bertz CT molecular complexity index is 493. The third-order valence-corrected chi connectivity index (χ3v) is 4.69. The van der Waals surface area contributed by atoms with E-state index >= 15 is 0 Å². The highest BCUT2D eigenvalue weighted by atomic mass is 19.1. The lowest BCUT2D eigenvalue weighted by Crippen LogP contribution is -2.33. The average Bonchev–Trinajstić information content (AvgIpc) is 3.12. The fourth-order valence-electron chi connectivity index (χ4n) is 3.22. The maximum atomic E-state index is 14.1. The Morgan fingerprint density at radius 1 is 1.20 bits per heavy atom. The molecule has 3 rings (SSSR count). The fourth-order valence-corrected chi connectivity index (χ4v) is 3.22. The van der Waals surface area contributed by atoms with Crippen molar-refractivity contribution in [2.45, 2.75) is 43.9 Å². The van der Waals surface area contributed by atoms with Crippen LogP contribution in [-0.4, -0.2) is 13.2 Å². The van der Waals surface area contributed by atoms with Gasteiger partial charge in [-0.1, -0.05) is 12.8 Å². The van der Waals surface area contributed by atoms with Crippen molar-refractivity contribution in [1.29, 1.82) is 0 Å². The minimum atomic E-state index is -0.597. The molecule has 4 heteroatoms. The number of ether oxygens (including phenoxy) is 1. The molecule has 0 atom stereocenters. The molecule has 2 nitrogen and oxygen atoms in total. The smallest absolute Gasteiger partial charge is 0.168 e. The van der Waals surface area contributed by atoms with Crippen molar-refractivity contribution in [1.82, 2.24) is 0 Å². The van der Waals surface area contributed by atoms with Crippen LogP contribution in [0.4, 0.5) is 8.78 Å². The van der Waals surface area contributed by atoms with Gasteiger partial charge in [-0.2, -0.15) is 0 Å². The molecular weight excluding hydrogens is 260 g/mol. The zero-order valence-corrected chi connectivity index (χ0v) is 11.6. The third kappa shape index (κ3) is 2.53. The molecule has 2 N–H and O–H groups in total. The molecular formula is C16H21F2NO. The molecule has 2 aliphatic carbocycles. The van der Waals surface area contributed by atoms with E-state index in [0.717, 1.165) is 44.6 Å². The molecule has 2 aliphatic rings. The Kier molecular flexibility index (Phi) is 3.67. The number of hydrogen-bond acceptors (Lipinski definition) is 2. The van der Waals surface area contributed by atoms with Crippen LogP contribution in [0.2, 0.25) is 0 Å². The third-order valence-electron chi connectivity index (χ3n) is 4.69. The molecule has 0 amide bonds. The van der Waals surface area contributed by atoms with Gasteiger partial charge in [0.2, 0.25) is 0 Å². The van der Waals surface area contributed by atoms with Gasteiger partial charge in [0.15, 0.2) is 11.6 Å². The van der Waals surface area contributed by atoms with E-state index in [-0.39, 0.29) is 11.2 Å². The van der Waals surface area contributed by atoms with Gasteiger partial charge in [0, 0.05) is 23.6 Å². The van der Waals surface area contributed by atoms with Crippen LogP contribution in [0.25, 0.3) is 0 Å². The molecule has 2 fully saturated rings. The highest BCUT2D eigenvalue weighted by Gasteiger charge is 2.38. The summed E-state index contributed by atoms with van der Waals surface area (Å²) in [5, 5.41) is 0. The van der Waals surface area contributed by atoms with Gasteiger partial charge in [0.1, 0.15) is 5.82 Å². The van der Waals surface area contributed by atoms with Crippen LogP contribution in [0.5, 0.6) is 5.75 Å². The Morgan fingerprint density at radius 2 is 1.90 bits per heavy atom. The first-order valence-electron chi connectivity index (χ1n) is 7.47. The van der Waals surface area contributed by atoms with Crippen molar-refractivity contribution in [2.24, 2.45) is 11.7 Å². The zero-order chi connectivity index (χ0) is 14.2. The molecule has 110 valence electrons. The lowest BCUT2D eigenvalue weighted by molar-refractivity contribution is 0.272. The summed E-state index contributed by atoms with van der Waals surface area (Å²) < 4.78 is 33.5. The van der Waals surface area contributed by atoms with E-state index in [1.54, 1.807) is 0 Å². The number of nitrogens with two attached hydrogens (primary N) is 1. The summed E-state index contributed by atoms with van der Waals surface area (Å²) >= 11 is 0.